The Hall–Kier alpha value is -2.42. The maximum atomic E-state index is 9.77. The van der Waals surface area contributed by atoms with Crippen LogP contribution in [-0.4, -0.2) is 17.9 Å². The molecular formula is C19H19NO2. The molecule has 2 aromatic rings. The number of benzene rings is 2. The Morgan fingerprint density at radius 2 is 1.86 bits per heavy atom. The van der Waals surface area contributed by atoms with Gasteiger partial charge >= 0.3 is 0 Å². The van der Waals surface area contributed by atoms with Gasteiger partial charge in [-0.2, -0.15) is 0 Å². The molecule has 2 aliphatic rings. The summed E-state index contributed by atoms with van der Waals surface area (Å²) in [6.45, 7) is 4.40. The van der Waals surface area contributed by atoms with Crippen molar-refractivity contribution in [2.75, 3.05) is 11.9 Å². The zero-order valence-corrected chi connectivity index (χ0v) is 13.0. The molecule has 22 heavy (non-hydrogen) atoms. The lowest BCUT2D eigenvalue weighted by atomic mass is 9.76. The third kappa shape index (κ3) is 1.46. The first-order valence-electron chi connectivity index (χ1n) is 7.50. The van der Waals surface area contributed by atoms with Gasteiger partial charge in [-0.15, -0.1) is 0 Å². The van der Waals surface area contributed by atoms with Gasteiger partial charge in [-0.1, -0.05) is 18.2 Å². The number of hydrogen-bond donors (Lipinski definition) is 1. The van der Waals surface area contributed by atoms with E-state index < -0.39 is 5.72 Å². The summed E-state index contributed by atoms with van der Waals surface area (Å²) in [5, 5.41) is 9.77. The summed E-state index contributed by atoms with van der Waals surface area (Å²) < 4.78 is 6.45. The number of hydrogen-bond acceptors (Lipinski definition) is 3. The first kappa shape index (κ1) is 13.3. The van der Waals surface area contributed by atoms with Crippen LogP contribution in [0, 0.1) is 0 Å². The Morgan fingerprint density at radius 3 is 2.64 bits per heavy atom. The molecule has 4 rings (SSSR count). The van der Waals surface area contributed by atoms with Crippen LogP contribution in [0.4, 0.5) is 5.69 Å². The molecule has 0 saturated carbocycles. The number of likely N-dealkylation sites (N-methyl/N-ethyl adjacent to an activating group) is 1. The zero-order valence-electron chi connectivity index (χ0n) is 13.0. The number of para-hydroxylation sites is 1. The Kier molecular flexibility index (Phi) is 2.45. The number of aromatic hydroxyl groups is 1. The maximum absolute atomic E-state index is 9.77. The maximum Gasteiger partial charge on any atom is 0.211 e. The summed E-state index contributed by atoms with van der Waals surface area (Å²) in [6.07, 6.45) is 4.22. The normalized spacial score (nSPS) is 24.0. The van der Waals surface area contributed by atoms with Crippen molar-refractivity contribution in [3.63, 3.8) is 0 Å². The van der Waals surface area contributed by atoms with Crippen molar-refractivity contribution < 1.29 is 9.84 Å². The van der Waals surface area contributed by atoms with Crippen LogP contribution < -0.4 is 9.64 Å². The molecule has 0 aromatic heterocycles. The highest BCUT2D eigenvalue weighted by molar-refractivity contribution is 5.72. The zero-order chi connectivity index (χ0) is 15.5. The van der Waals surface area contributed by atoms with Crippen molar-refractivity contribution in [3.8, 4) is 11.5 Å². The third-order valence-electron chi connectivity index (χ3n) is 5.08. The largest absolute Gasteiger partial charge is 0.508 e. The van der Waals surface area contributed by atoms with Gasteiger partial charge in [0.25, 0.3) is 0 Å². The average molecular weight is 293 g/mol. The number of fused-ring (bicyclic) bond motifs is 2. The second kappa shape index (κ2) is 4.07. The molecule has 3 nitrogen and oxygen atoms in total. The van der Waals surface area contributed by atoms with E-state index in [-0.39, 0.29) is 11.2 Å². The van der Waals surface area contributed by atoms with Crippen LogP contribution in [0.1, 0.15) is 25.0 Å². The van der Waals surface area contributed by atoms with Gasteiger partial charge in [-0.25, -0.2) is 0 Å². The predicted octanol–water partition coefficient (Wildman–Crippen LogP) is 3.92. The van der Waals surface area contributed by atoms with Crippen LogP contribution in [0.15, 0.2) is 48.5 Å². The van der Waals surface area contributed by atoms with Gasteiger partial charge in [0, 0.05) is 24.4 Å². The van der Waals surface area contributed by atoms with Crippen LogP contribution in [0.3, 0.4) is 0 Å². The van der Waals surface area contributed by atoms with Gasteiger partial charge in [-0.3, -0.25) is 0 Å². The van der Waals surface area contributed by atoms with Crippen molar-refractivity contribution in [2.45, 2.75) is 25.0 Å². The number of ether oxygens (including phenoxy) is 1. The van der Waals surface area contributed by atoms with Gasteiger partial charge in [-0.05, 0) is 49.8 Å². The average Bonchev–Trinajstić information content (AvgIpc) is 2.67. The lowest BCUT2D eigenvalue weighted by Crippen LogP contribution is -2.58. The molecule has 1 N–H and O–H groups in total. The monoisotopic (exact) mass is 293 g/mol. The van der Waals surface area contributed by atoms with Crippen LogP contribution in [0.5, 0.6) is 11.5 Å². The first-order chi connectivity index (χ1) is 10.5. The lowest BCUT2D eigenvalue weighted by molar-refractivity contribution is 0.0579. The lowest BCUT2D eigenvalue weighted by Gasteiger charge is -2.45. The summed E-state index contributed by atoms with van der Waals surface area (Å²) in [7, 11) is 2.06. The number of anilines is 1. The molecule has 0 bridgehead atoms. The molecule has 1 unspecified atom stereocenters. The molecule has 0 radical (unpaired) electrons. The van der Waals surface area contributed by atoms with Crippen LogP contribution in [-0.2, 0) is 5.41 Å². The van der Waals surface area contributed by atoms with Gasteiger partial charge in [0.15, 0.2) is 0 Å². The predicted molar refractivity (Wildman–Crippen MR) is 88.4 cm³/mol. The molecule has 2 aromatic carbocycles. The number of phenolic OH excluding ortho intramolecular Hbond substituents is 1. The molecule has 0 aliphatic carbocycles. The fourth-order valence-electron chi connectivity index (χ4n) is 3.76. The molecule has 1 spiro atoms. The van der Waals surface area contributed by atoms with Gasteiger partial charge in [0.05, 0.1) is 5.41 Å². The van der Waals surface area contributed by atoms with E-state index in [1.165, 1.54) is 11.3 Å². The van der Waals surface area contributed by atoms with E-state index in [1.807, 2.05) is 6.07 Å². The Bertz CT molecular complexity index is 794. The third-order valence-corrected chi connectivity index (χ3v) is 5.08. The van der Waals surface area contributed by atoms with Crippen molar-refractivity contribution in [1.29, 1.82) is 0 Å². The fourth-order valence-corrected chi connectivity index (χ4v) is 3.76. The van der Waals surface area contributed by atoms with Gasteiger partial charge < -0.3 is 14.7 Å². The van der Waals surface area contributed by atoms with Gasteiger partial charge in [0.2, 0.25) is 5.72 Å². The fraction of sp³-hybridized carbons (Fsp3) is 0.263. The highest BCUT2D eigenvalue weighted by atomic mass is 16.5. The standard InChI is InChI=1S/C19H19NO2/c1-18(2)15-6-4-5-7-16(15)20(3)19(18)11-10-13-8-9-14(21)12-17(13)22-19/h4-12,21H,1-3H3. The number of phenols is 1. The minimum absolute atomic E-state index is 0.210. The van der Waals surface area contributed by atoms with E-state index in [0.717, 1.165) is 11.3 Å². The van der Waals surface area contributed by atoms with Crippen LogP contribution >= 0.6 is 0 Å². The molecule has 112 valence electrons. The topological polar surface area (TPSA) is 32.7 Å². The van der Waals surface area contributed by atoms with Crippen LogP contribution in [0.2, 0.25) is 0 Å². The molecular weight excluding hydrogens is 274 g/mol. The smallest absolute Gasteiger partial charge is 0.211 e. The van der Waals surface area contributed by atoms with E-state index in [9.17, 15) is 5.11 Å². The SMILES string of the molecule is CN1c2ccccc2C(C)(C)C12C=Cc1ccc(O)cc1O2. The molecule has 0 fully saturated rings. The Labute approximate surface area is 130 Å². The van der Waals surface area contributed by atoms with Crippen LogP contribution in [0.25, 0.3) is 6.08 Å². The minimum Gasteiger partial charge on any atom is -0.508 e. The van der Waals surface area contributed by atoms with Crippen molar-refractivity contribution in [2.24, 2.45) is 0 Å². The summed E-state index contributed by atoms with van der Waals surface area (Å²) in [5.41, 5.74) is 2.64. The number of rotatable bonds is 0. The first-order valence-corrected chi connectivity index (χ1v) is 7.50. The molecule has 2 heterocycles. The Morgan fingerprint density at radius 1 is 1.09 bits per heavy atom. The van der Waals surface area contributed by atoms with Gasteiger partial charge in [0.1, 0.15) is 11.5 Å². The van der Waals surface area contributed by atoms with E-state index in [2.05, 4.69) is 62.2 Å². The summed E-state index contributed by atoms with van der Waals surface area (Å²) in [6, 6.07) is 13.7. The van der Waals surface area contributed by atoms with E-state index in [1.54, 1.807) is 12.1 Å². The molecule has 3 heteroatoms. The highest BCUT2D eigenvalue weighted by Crippen LogP contribution is 2.54. The molecule has 0 amide bonds. The second-order valence-electron chi connectivity index (χ2n) is 6.56. The van der Waals surface area contributed by atoms with Crippen molar-refractivity contribution >= 4 is 11.8 Å². The molecule has 0 saturated heterocycles. The quantitative estimate of drug-likeness (QED) is 0.799. The minimum atomic E-state index is -0.586. The molecule has 2 aliphatic heterocycles. The van der Waals surface area contributed by atoms with E-state index in [0.29, 0.717) is 0 Å². The van der Waals surface area contributed by atoms with Crippen molar-refractivity contribution in [1.82, 2.24) is 0 Å². The molecule has 1 atom stereocenters. The number of nitrogens with zero attached hydrogens (tertiary/aromatic N) is 1. The van der Waals surface area contributed by atoms with Crippen molar-refractivity contribution in [3.05, 3.63) is 59.7 Å². The summed E-state index contributed by atoms with van der Waals surface area (Å²) in [5.74, 6) is 0.940. The summed E-state index contributed by atoms with van der Waals surface area (Å²) >= 11 is 0. The summed E-state index contributed by atoms with van der Waals surface area (Å²) in [4.78, 5) is 2.19. The van der Waals surface area contributed by atoms with E-state index >= 15 is 0 Å². The highest BCUT2D eigenvalue weighted by Gasteiger charge is 2.57. The second-order valence-corrected chi connectivity index (χ2v) is 6.56. The Balaban J connectivity index is 1.91. The van der Waals surface area contributed by atoms with E-state index in [4.69, 9.17) is 4.74 Å².